The Balaban J connectivity index is 2.54. The van der Waals surface area contributed by atoms with Crippen LogP contribution in [-0.2, 0) is 4.79 Å². The van der Waals surface area contributed by atoms with Crippen LogP contribution in [0.2, 0.25) is 0 Å². The molecule has 0 radical (unpaired) electrons. The molecule has 1 aliphatic rings. The van der Waals surface area contributed by atoms with Crippen molar-refractivity contribution in [3.05, 3.63) is 0 Å². The average molecular weight is 280 g/mol. The molecule has 0 bridgehead atoms. The molecule has 0 saturated heterocycles. The van der Waals surface area contributed by atoms with E-state index < -0.39 is 24.0 Å². The maximum atomic E-state index is 12.3. The lowest BCUT2D eigenvalue weighted by atomic mass is 9.67. The number of aliphatic carboxylic acids is 1. The quantitative estimate of drug-likeness (QED) is 0.760. The summed E-state index contributed by atoms with van der Waals surface area (Å²) >= 11 is 0. The zero-order valence-electron chi connectivity index (χ0n) is 11.4. The minimum atomic E-state index is -4.26. The summed E-state index contributed by atoms with van der Waals surface area (Å²) < 4.78 is 36.9. The molecular formula is C14H23F3O2. The number of halogens is 3. The second kappa shape index (κ2) is 6.62. The van der Waals surface area contributed by atoms with Gasteiger partial charge in [0.05, 0.1) is 5.41 Å². The van der Waals surface area contributed by atoms with Crippen LogP contribution in [0.15, 0.2) is 0 Å². The zero-order chi connectivity index (χ0) is 14.5. The van der Waals surface area contributed by atoms with Crippen molar-refractivity contribution in [3.63, 3.8) is 0 Å². The lowest BCUT2D eigenvalue weighted by molar-refractivity contribution is -0.161. The molecule has 0 unspecified atom stereocenters. The number of carboxylic acids is 1. The van der Waals surface area contributed by atoms with Gasteiger partial charge in [0.2, 0.25) is 0 Å². The molecule has 1 saturated carbocycles. The van der Waals surface area contributed by atoms with Gasteiger partial charge in [0.1, 0.15) is 0 Å². The molecule has 112 valence electrons. The number of hydrogen-bond acceptors (Lipinski definition) is 1. The molecule has 0 amide bonds. The van der Waals surface area contributed by atoms with Gasteiger partial charge < -0.3 is 5.11 Å². The second-order valence-electron chi connectivity index (χ2n) is 5.79. The van der Waals surface area contributed by atoms with Crippen molar-refractivity contribution in [2.24, 2.45) is 11.3 Å². The highest BCUT2D eigenvalue weighted by molar-refractivity contribution is 5.74. The fraction of sp³-hybridized carbons (Fsp3) is 0.929. The lowest BCUT2D eigenvalue weighted by Crippen LogP contribution is -2.36. The minimum absolute atomic E-state index is 0.271. The number of carboxylic acid groups (broad SMARTS) is 1. The first kappa shape index (κ1) is 16.3. The van der Waals surface area contributed by atoms with Gasteiger partial charge in [-0.2, -0.15) is 13.2 Å². The molecule has 0 aliphatic heterocycles. The van der Waals surface area contributed by atoms with Gasteiger partial charge in [0, 0.05) is 6.42 Å². The van der Waals surface area contributed by atoms with Gasteiger partial charge in [0.25, 0.3) is 0 Å². The van der Waals surface area contributed by atoms with E-state index >= 15 is 0 Å². The van der Waals surface area contributed by atoms with Crippen LogP contribution in [-0.4, -0.2) is 17.3 Å². The van der Waals surface area contributed by atoms with Gasteiger partial charge in [-0.05, 0) is 38.0 Å². The van der Waals surface area contributed by atoms with Crippen LogP contribution >= 0.6 is 0 Å². The highest BCUT2D eigenvalue weighted by atomic mass is 19.4. The van der Waals surface area contributed by atoms with Crippen molar-refractivity contribution in [1.29, 1.82) is 0 Å². The first-order valence-electron chi connectivity index (χ1n) is 7.09. The molecule has 0 atom stereocenters. The Bertz CT molecular complexity index is 292. The van der Waals surface area contributed by atoms with Gasteiger partial charge in [-0.1, -0.05) is 26.2 Å². The molecule has 1 rings (SSSR count). The van der Waals surface area contributed by atoms with Crippen LogP contribution in [0.5, 0.6) is 0 Å². The molecule has 0 spiro atoms. The summed E-state index contributed by atoms with van der Waals surface area (Å²) in [5.41, 5.74) is -1.14. The number of carbonyl (C=O) groups is 1. The Morgan fingerprint density at radius 1 is 1.32 bits per heavy atom. The average Bonchev–Trinajstić information content (AvgIpc) is 2.34. The van der Waals surface area contributed by atoms with E-state index in [0.29, 0.717) is 18.8 Å². The van der Waals surface area contributed by atoms with Crippen LogP contribution in [0.1, 0.15) is 64.7 Å². The maximum Gasteiger partial charge on any atom is 0.389 e. The summed E-state index contributed by atoms with van der Waals surface area (Å²) in [6, 6.07) is 0. The second-order valence-corrected chi connectivity index (χ2v) is 5.79. The Morgan fingerprint density at radius 3 is 2.32 bits per heavy atom. The minimum Gasteiger partial charge on any atom is -0.481 e. The van der Waals surface area contributed by atoms with Crippen LogP contribution in [0.25, 0.3) is 0 Å². The molecule has 1 aliphatic carbocycles. The van der Waals surface area contributed by atoms with E-state index in [0.717, 1.165) is 32.1 Å². The summed E-state index contributed by atoms with van der Waals surface area (Å²) in [5, 5.41) is 9.28. The summed E-state index contributed by atoms with van der Waals surface area (Å²) in [6.45, 7) is 2.10. The summed E-state index contributed by atoms with van der Waals surface area (Å²) in [5.74, 6) is -0.552. The van der Waals surface area contributed by atoms with E-state index in [4.69, 9.17) is 0 Å². The van der Waals surface area contributed by atoms with Crippen molar-refractivity contribution >= 4 is 5.97 Å². The molecular weight excluding hydrogens is 257 g/mol. The first-order chi connectivity index (χ1) is 8.79. The third-order valence-electron chi connectivity index (χ3n) is 4.37. The van der Waals surface area contributed by atoms with E-state index in [9.17, 15) is 23.1 Å². The fourth-order valence-corrected chi connectivity index (χ4v) is 2.96. The smallest absolute Gasteiger partial charge is 0.389 e. The van der Waals surface area contributed by atoms with Crippen LogP contribution < -0.4 is 0 Å². The van der Waals surface area contributed by atoms with Crippen molar-refractivity contribution in [2.45, 2.75) is 70.9 Å². The maximum absolute atomic E-state index is 12.3. The van der Waals surface area contributed by atoms with E-state index in [-0.39, 0.29) is 6.42 Å². The normalized spacial score (nSPS) is 28.3. The summed E-state index contributed by atoms with van der Waals surface area (Å²) in [7, 11) is 0. The molecule has 1 fully saturated rings. The highest BCUT2D eigenvalue weighted by Crippen LogP contribution is 2.45. The van der Waals surface area contributed by atoms with Gasteiger partial charge in [-0.15, -0.1) is 0 Å². The van der Waals surface area contributed by atoms with E-state index in [1.54, 1.807) is 0 Å². The van der Waals surface area contributed by atoms with E-state index in [2.05, 4.69) is 6.92 Å². The molecule has 0 aromatic rings. The molecule has 0 aromatic heterocycles. The number of hydrogen-bond donors (Lipinski definition) is 1. The van der Waals surface area contributed by atoms with E-state index in [1.807, 2.05) is 0 Å². The molecule has 19 heavy (non-hydrogen) atoms. The van der Waals surface area contributed by atoms with Crippen molar-refractivity contribution < 1.29 is 23.1 Å². The third-order valence-corrected chi connectivity index (χ3v) is 4.37. The molecule has 2 nitrogen and oxygen atoms in total. The van der Waals surface area contributed by atoms with Gasteiger partial charge in [-0.3, -0.25) is 4.79 Å². The number of unbranched alkanes of at least 4 members (excludes halogenated alkanes) is 1. The first-order valence-corrected chi connectivity index (χ1v) is 7.09. The monoisotopic (exact) mass is 280 g/mol. The predicted molar refractivity (Wildman–Crippen MR) is 66.8 cm³/mol. The molecule has 5 heteroatoms. The standard InChI is InChI=1S/C14H23F3O2/c1-2-3-4-11-5-7-13(8-6-11,12(18)19)9-10-14(15,16)17/h11H,2-10H2,1H3,(H,18,19). The van der Waals surface area contributed by atoms with Gasteiger partial charge in [-0.25, -0.2) is 0 Å². The topological polar surface area (TPSA) is 37.3 Å². The summed E-state index contributed by atoms with van der Waals surface area (Å²) in [4.78, 5) is 11.3. The van der Waals surface area contributed by atoms with Gasteiger partial charge >= 0.3 is 12.1 Å². The number of rotatable bonds is 6. The largest absolute Gasteiger partial charge is 0.481 e. The molecule has 0 heterocycles. The van der Waals surface area contributed by atoms with Crippen molar-refractivity contribution in [2.75, 3.05) is 0 Å². The Hall–Kier alpha value is -0.740. The van der Waals surface area contributed by atoms with Crippen LogP contribution in [0, 0.1) is 11.3 Å². The predicted octanol–water partition coefficient (Wildman–Crippen LogP) is 4.78. The van der Waals surface area contributed by atoms with E-state index in [1.165, 1.54) is 0 Å². The highest BCUT2D eigenvalue weighted by Gasteiger charge is 2.44. The molecule has 0 aromatic carbocycles. The number of alkyl halides is 3. The molecule has 1 N–H and O–H groups in total. The van der Waals surface area contributed by atoms with Crippen LogP contribution in [0.4, 0.5) is 13.2 Å². The van der Waals surface area contributed by atoms with Gasteiger partial charge in [0.15, 0.2) is 0 Å². The zero-order valence-corrected chi connectivity index (χ0v) is 11.4. The Kier molecular flexibility index (Phi) is 5.68. The SMILES string of the molecule is CCCCC1CCC(CCC(F)(F)F)(C(=O)O)CC1. The van der Waals surface area contributed by atoms with Crippen molar-refractivity contribution in [3.8, 4) is 0 Å². The fourth-order valence-electron chi connectivity index (χ4n) is 2.96. The summed E-state index contributed by atoms with van der Waals surface area (Å²) in [6.07, 6.45) is 0.0775. The Labute approximate surface area is 112 Å². The lowest BCUT2D eigenvalue weighted by Gasteiger charge is -2.37. The Morgan fingerprint density at radius 2 is 1.89 bits per heavy atom. The van der Waals surface area contributed by atoms with Crippen molar-refractivity contribution in [1.82, 2.24) is 0 Å². The van der Waals surface area contributed by atoms with Crippen LogP contribution in [0.3, 0.4) is 0 Å². The third kappa shape index (κ3) is 5.03.